The zero-order chi connectivity index (χ0) is 28.3. The van der Waals surface area contributed by atoms with E-state index < -0.39 is 42.7 Å². The van der Waals surface area contributed by atoms with Gasteiger partial charge in [0.15, 0.2) is 6.04 Å². The van der Waals surface area contributed by atoms with Gasteiger partial charge in [0.2, 0.25) is 17.7 Å². The smallest absolute Gasteiger partial charge is 0.330 e. The largest absolute Gasteiger partial charge is 0.467 e. The Hall–Kier alpha value is -2.28. The Morgan fingerprint density at radius 2 is 1.81 bits per heavy atom. The molecule has 0 aromatic carbocycles. The average Bonchev–Trinajstić information content (AvgIpc) is 3.39. The first-order valence-electron chi connectivity index (χ1n) is 12.8. The topological polar surface area (TPSA) is 161 Å². The lowest BCUT2D eigenvalue weighted by molar-refractivity contribution is -0.148. The van der Waals surface area contributed by atoms with E-state index in [-0.39, 0.29) is 42.8 Å². The molecule has 0 radical (unpaired) electrons. The van der Waals surface area contributed by atoms with Gasteiger partial charge in [-0.3, -0.25) is 14.4 Å². The van der Waals surface area contributed by atoms with Crippen LogP contribution >= 0.6 is 0 Å². The van der Waals surface area contributed by atoms with Crippen molar-refractivity contribution in [2.75, 3.05) is 48.1 Å². The maximum absolute atomic E-state index is 13.5. The minimum Gasteiger partial charge on any atom is -0.467 e. The molecule has 37 heavy (non-hydrogen) atoms. The second-order valence-electron chi connectivity index (χ2n) is 9.62. The molecule has 1 aliphatic heterocycles. The fourth-order valence-electron chi connectivity index (χ4n) is 5.09. The maximum atomic E-state index is 13.5. The number of aliphatic hydroxyl groups excluding tert-OH is 1. The van der Waals surface area contributed by atoms with Crippen molar-refractivity contribution in [3.8, 4) is 0 Å². The van der Waals surface area contributed by atoms with Crippen LogP contribution in [0.4, 0.5) is 0 Å². The average molecular weight is 531 g/mol. The Morgan fingerprint density at radius 3 is 2.30 bits per heavy atom. The van der Waals surface area contributed by atoms with E-state index >= 15 is 0 Å². The Morgan fingerprint density at radius 1 is 1.16 bits per heavy atom. The van der Waals surface area contributed by atoms with Gasteiger partial charge in [0, 0.05) is 27.8 Å². The van der Waals surface area contributed by atoms with Gasteiger partial charge in [-0.05, 0) is 18.8 Å². The van der Waals surface area contributed by atoms with E-state index in [1.165, 1.54) is 21.3 Å². The van der Waals surface area contributed by atoms with Gasteiger partial charge in [0.1, 0.15) is 0 Å². The number of nitrogens with one attached hydrogen (secondary N) is 1. The molecule has 214 valence electrons. The maximum Gasteiger partial charge on any atom is 0.330 e. The summed E-state index contributed by atoms with van der Waals surface area (Å²) in [5.41, 5.74) is 5.58. The number of hydrogen-bond donors (Lipinski definition) is 3. The number of likely N-dealkylation sites (N-methyl/N-ethyl adjacent to an activating group) is 1. The monoisotopic (exact) mass is 530 g/mol. The number of rotatable bonds is 15. The van der Waals surface area contributed by atoms with E-state index in [0.717, 1.165) is 12.8 Å². The molecule has 0 aromatic rings. The highest BCUT2D eigenvalue weighted by Gasteiger charge is 2.42. The van der Waals surface area contributed by atoms with Crippen LogP contribution in [-0.2, 0) is 33.4 Å². The van der Waals surface area contributed by atoms with Gasteiger partial charge in [0.25, 0.3) is 0 Å². The zero-order valence-electron chi connectivity index (χ0n) is 23.3. The highest BCUT2D eigenvalue weighted by molar-refractivity contribution is 5.86. The van der Waals surface area contributed by atoms with Gasteiger partial charge in [-0.2, -0.15) is 0 Å². The van der Waals surface area contributed by atoms with E-state index in [4.69, 9.17) is 15.2 Å². The summed E-state index contributed by atoms with van der Waals surface area (Å²) in [5, 5.41) is 11.9. The van der Waals surface area contributed by atoms with Crippen molar-refractivity contribution >= 4 is 23.7 Å². The second kappa shape index (κ2) is 15.9. The van der Waals surface area contributed by atoms with Crippen LogP contribution in [0.3, 0.4) is 0 Å². The summed E-state index contributed by atoms with van der Waals surface area (Å²) < 4.78 is 16.0. The van der Waals surface area contributed by atoms with Crippen LogP contribution in [0.25, 0.3) is 0 Å². The number of hydrogen-bond acceptors (Lipinski definition) is 9. The highest BCUT2D eigenvalue weighted by atomic mass is 16.5. The molecule has 1 fully saturated rings. The van der Waals surface area contributed by atoms with E-state index in [1.54, 1.807) is 23.8 Å². The van der Waals surface area contributed by atoms with Crippen molar-refractivity contribution in [2.45, 2.75) is 76.8 Å². The lowest BCUT2D eigenvalue weighted by atomic mass is 9.90. The predicted molar refractivity (Wildman–Crippen MR) is 136 cm³/mol. The van der Waals surface area contributed by atoms with Crippen molar-refractivity contribution in [2.24, 2.45) is 17.6 Å². The minimum atomic E-state index is -1.19. The van der Waals surface area contributed by atoms with Crippen molar-refractivity contribution in [3.05, 3.63) is 0 Å². The minimum absolute atomic E-state index is 0.0517. The van der Waals surface area contributed by atoms with Gasteiger partial charge in [0.05, 0.1) is 56.9 Å². The number of amides is 3. The molecule has 1 aliphatic rings. The van der Waals surface area contributed by atoms with Gasteiger partial charge in [-0.1, -0.05) is 27.2 Å². The van der Waals surface area contributed by atoms with Crippen LogP contribution in [-0.4, -0.2) is 117 Å². The lowest BCUT2D eigenvalue weighted by Gasteiger charge is -2.39. The number of methoxy groups -OCH3 is 3. The van der Waals surface area contributed by atoms with Crippen molar-refractivity contribution < 1.29 is 38.5 Å². The van der Waals surface area contributed by atoms with Crippen LogP contribution < -0.4 is 11.1 Å². The standard InChI is InChI=1S/C25H46N4O8/c1-8-15(2)22(28(4)21(32)13-26)19(35-5)12-20(31)29-11-9-10-18(29)23(36-6)16(3)24(33)27-17(14-30)25(34)37-7/h15-19,22-23,30H,8-14,26H2,1-7H3,(H,27,33)/t15?,16?,17-,18?,19?,22?,23?/m0/s1. The number of likely N-dealkylation sites (tertiary alicyclic amines) is 1. The fourth-order valence-corrected chi connectivity index (χ4v) is 5.09. The first-order chi connectivity index (χ1) is 17.5. The second-order valence-corrected chi connectivity index (χ2v) is 9.62. The first-order valence-corrected chi connectivity index (χ1v) is 12.8. The quantitative estimate of drug-likeness (QED) is 0.237. The van der Waals surface area contributed by atoms with Crippen LogP contribution in [0, 0.1) is 11.8 Å². The summed E-state index contributed by atoms with van der Waals surface area (Å²) >= 11 is 0. The molecule has 1 saturated heterocycles. The summed E-state index contributed by atoms with van der Waals surface area (Å²) in [6.07, 6.45) is 1.03. The molecule has 7 atom stereocenters. The third-order valence-corrected chi connectivity index (χ3v) is 7.46. The number of esters is 1. The molecule has 0 saturated carbocycles. The third kappa shape index (κ3) is 8.36. The molecule has 0 aliphatic carbocycles. The molecule has 4 N–H and O–H groups in total. The predicted octanol–water partition coefficient (Wildman–Crippen LogP) is -0.484. The molecule has 12 heteroatoms. The number of carbonyl (C=O) groups is 4. The third-order valence-electron chi connectivity index (χ3n) is 7.46. The molecule has 0 aromatic heterocycles. The number of nitrogens with two attached hydrogens (primary N) is 1. The molecule has 0 bridgehead atoms. The molecular weight excluding hydrogens is 484 g/mol. The molecule has 0 spiro atoms. The van der Waals surface area contributed by atoms with Crippen molar-refractivity contribution in [3.63, 3.8) is 0 Å². The molecule has 1 rings (SSSR count). The van der Waals surface area contributed by atoms with E-state index in [9.17, 15) is 24.3 Å². The Bertz CT molecular complexity index is 767. The van der Waals surface area contributed by atoms with Crippen LogP contribution in [0.5, 0.6) is 0 Å². The normalized spacial score (nSPS) is 20.4. The Labute approximate surface area is 220 Å². The van der Waals surface area contributed by atoms with Crippen LogP contribution in [0.15, 0.2) is 0 Å². The molecule has 1 heterocycles. The summed E-state index contributed by atoms with van der Waals surface area (Å²) in [4.78, 5) is 53.8. The number of carbonyl (C=O) groups excluding carboxylic acids is 4. The lowest BCUT2D eigenvalue weighted by Crippen LogP contribution is -2.54. The summed E-state index contributed by atoms with van der Waals surface area (Å²) in [6.45, 7) is 5.44. The number of ether oxygens (including phenoxy) is 3. The van der Waals surface area contributed by atoms with Crippen LogP contribution in [0.1, 0.15) is 46.5 Å². The van der Waals surface area contributed by atoms with E-state index in [2.05, 4.69) is 10.1 Å². The fraction of sp³-hybridized carbons (Fsp3) is 0.840. The van der Waals surface area contributed by atoms with Crippen LogP contribution in [0.2, 0.25) is 0 Å². The first kappa shape index (κ1) is 32.7. The summed E-state index contributed by atoms with van der Waals surface area (Å²) in [5.74, 6) is -2.29. The number of nitrogens with zero attached hydrogens (tertiary/aromatic N) is 2. The van der Waals surface area contributed by atoms with Gasteiger partial charge in [-0.25, -0.2) is 4.79 Å². The van der Waals surface area contributed by atoms with Crippen molar-refractivity contribution in [1.29, 1.82) is 0 Å². The van der Waals surface area contributed by atoms with E-state index in [0.29, 0.717) is 13.0 Å². The zero-order valence-corrected chi connectivity index (χ0v) is 23.3. The Kier molecular flexibility index (Phi) is 14.0. The van der Waals surface area contributed by atoms with Crippen molar-refractivity contribution in [1.82, 2.24) is 15.1 Å². The van der Waals surface area contributed by atoms with E-state index in [1.807, 2.05) is 13.8 Å². The highest BCUT2D eigenvalue weighted by Crippen LogP contribution is 2.29. The Balaban J connectivity index is 3.07. The van der Waals surface area contributed by atoms with Gasteiger partial charge < -0.3 is 40.2 Å². The van der Waals surface area contributed by atoms with Gasteiger partial charge in [-0.15, -0.1) is 0 Å². The summed E-state index contributed by atoms with van der Waals surface area (Å²) in [7, 11) is 5.85. The molecule has 6 unspecified atom stereocenters. The molecule has 12 nitrogen and oxygen atoms in total. The molecule has 3 amide bonds. The van der Waals surface area contributed by atoms with Gasteiger partial charge >= 0.3 is 5.97 Å². The SMILES string of the molecule is CCC(C)C(C(CC(=O)N1CCCC1C(OC)C(C)C(=O)N[C@@H](CO)C(=O)OC)OC)N(C)C(=O)CN. The number of aliphatic hydroxyl groups is 1. The molecular formula is C25H46N4O8. The summed E-state index contributed by atoms with van der Waals surface area (Å²) in [6, 6.07) is -1.90.